The van der Waals surface area contributed by atoms with Crippen molar-refractivity contribution < 1.29 is 13.5 Å². The number of halogens is 1. The van der Waals surface area contributed by atoms with Gasteiger partial charge in [0, 0.05) is 11.6 Å². The summed E-state index contributed by atoms with van der Waals surface area (Å²) < 4.78 is 27.2. The number of aliphatic hydroxyl groups is 1. The molecule has 5 nitrogen and oxygen atoms in total. The molecule has 0 radical (unpaired) electrons. The van der Waals surface area contributed by atoms with Crippen LogP contribution in [0.25, 0.3) is 0 Å². The molecule has 0 aliphatic carbocycles. The van der Waals surface area contributed by atoms with Crippen molar-refractivity contribution in [1.29, 1.82) is 5.26 Å². The van der Waals surface area contributed by atoms with E-state index in [1.165, 1.54) is 22.5 Å². The summed E-state index contributed by atoms with van der Waals surface area (Å²) >= 11 is 5.90. The molecule has 0 saturated carbocycles. The first kappa shape index (κ1) is 17.2. The lowest BCUT2D eigenvalue weighted by molar-refractivity contribution is 0.0667. The molecule has 1 heterocycles. The second-order valence-electron chi connectivity index (χ2n) is 5.41. The predicted octanol–water partition coefficient (Wildman–Crippen LogP) is 2.53. The summed E-state index contributed by atoms with van der Waals surface area (Å²) in [5, 5.41) is 19.6. The Balaban J connectivity index is 2.49. The number of benzene rings is 1. The quantitative estimate of drug-likeness (QED) is 0.911. The first-order valence-electron chi connectivity index (χ1n) is 7.31. The summed E-state index contributed by atoms with van der Waals surface area (Å²) in [4.78, 5) is -0.0855. The summed E-state index contributed by atoms with van der Waals surface area (Å²) in [6.45, 7) is 2.17. The number of rotatable bonds is 4. The zero-order valence-corrected chi connectivity index (χ0v) is 13.9. The molecule has 1 aromatic rings. The molecule has 0 bridgehead atoms. The minimum atomic E-state index is -3.87. The molecule has 7 heteroatoms. The highest BCUT2D eigenvalue weighted by Crippen LogP contribution is 2.30. The van der Waals surface area contributed by atoms with Crippen molar-refractivity contribution in [3.05, 3.63) is 28.8 Å². The normalized spacial score (nSPS) is 21.3. The molecule has 2 rings (SSSR count). The average molecular weight is 343 g/mol. The molecule has 1 aliphatic rings. The van der Waals surface area contributed by atoms with Crippen molar-refractivity contribution in [3.8, 4) is 6.07 Å². The third-order valence-corrected chi connectivity index (χ3v) is 6.21. The predicted molar refractivity (Wildman–Crippen MR) is 84.0 cm³/mol. The third kappa shape index (κ3) is 3.28. The van der Waals surface area contributed by atoms with Crippen molar-refractivity contribution in [3.63, 3.8) is 0 Å². The monoisotopic (exact) mass is 342 g/mol. The Bertz CT molecular complexity index is 685. The molecule has 1 aromatic carbocycles. The van der Waals surface area contributed by atoms with Crippen LogP contribution >= 0.6 is 11.6 Å². The second kappa shape index (κ2) is 6.97. The summed E-state index contributed by atoms with van der Waals surface area (Å²) in [5.74, 6) is 0. The highest BCUT2D eigenvalue weighted by Gasteiger charge is 2.37. The molecule has 0 aromatic heterocycles. The number of aliphatic hydroxyl groups excluding tert-OH is 1. The Morgan fingerprint density at radius 2 is 2.23 bits per heavy atom. The van der Waals surface area contributed by atoms with Crippen LogP contribution in [0.2, 0.25) is 5.02 Å². The van der Waals surface area contributed by atoms with Gasteiger partial charge in [0.05, 0.1) is 17.7 Å². The molecule has 0 amide bonds. The van der Waals surface area contributed by atoms with Crippen LogP contribution in [0, 0.1) is 11.3 Å². The molecule has 2 atom stereocenters. The van der Waals surface area contributed by atoms with Gasteiger partial charge in [0.25, 0.3) is 0 Å². The molecule has 0 unspecified atom stereocenters. The van der Waals surface area contributed by atoms with E-state index >= 15 is 0 Å². The van der Waals surface area contributed by atoms with Gasteiger partial charge in [0.2, 0.25) is 10.0 Å². The molecule has 120 valence electrons. The highest BCUT2D eigenvalue weighted by molar-refractivity contribution is 7.89. The smallest absolute Gasteiger partial charge is 0.244 e. The summed E-state index contributed by atoms with van der Waals surface area (Å²) in [5.41, 5.74) is 0.0692. The first-order valence-corrected chi connectivity index (χ1v) is 9.13. The van der Waals surface area contributed by atoms with E-state index in [1.807, 2.05) is 13.0 Å². The van der Waals surface area contributed by atoms with Crippen molar-refractivity contribution in [1.82, 2.24) is 4.31 Å². The van der Waals surface area contributed by atoms with Crippen LogP contribution in [0.4, 0.5) is 0 Å². The van der Waals surface area contributed by atoms with E-state index in [2.05, 4.69) is 0 Å². The fourth-order valence-electron chi connectivity index (χ4n) is 2.81. The maximum atomic E-state index is 13.0. The molecule has 22 heavy (non-hydrogen) atoms. The highest BCUT2D eigenvalue weighted by atomic mass is 35.5. The SMILES string of the molecule is CC[C@H](O)[C@H]1CCCCN1S(=O)(=O)c1cc(Cl)ccc1C#N. The van der Waals surface area contributed by atoms with E-state index in [1.54, 1.807) is 0 Å². The van der Waals surface area contributed by atoms with E-state index in [0.717, 1.165) is 12.8 Å². The van der Waals surface area contributed by atoms with Gasteiger partial charge in [-0.2, -0.15) is 9.57 Å². The fourth-order valence-corrected chi connectivity index (χ4v) is 4.94. The van der Waals surface area contributed by atoms with Gasteiger partial charge < -0.3 is 5.11 Å². The Kier molecular flexibility index (Phi) is 5.45. The number of sulfonamides is 1. The lowest BCUT2D eigenvalue weighted by Crippen LogP contribution is -2.49. The third-order valence-electron chi connectivity index (χ3n) is 4.01. The largest absolute Gasteiger partial charge is 0.391 e. The van der Waals surface area contributed by atoms with Gasteiger partial charge in [-0.1, -0.05) is 24.9 Å². The van der Waals surface area contributed by atoms with Gasteiger partial charge in [-0.05, 0) is 37.5 Å². The van der Waals surface area contributed by atoms with Crippen molar-refractivity contribution in [2.45, 2.75) is 49.6 Å². The minimum Gasteiger partial charge on any atom is -0.391 e. The molecule has 1 fully saturated rings. The number of nitriles is 1. The molecule has 1 saturated heterocycles. The van der Waals surface area contributed by atoms with Gasteiger partial charge in [-0.3, -0.25) is 0 Å². The molecular formula is C15H19ClN2O3S. The Hall–Kier alpha value is -1.13. The van der Waals surface area contributed by atoms with Crippen LogP contribution in [0.15, 0.2) is 23.1 Å². The minimum absolute atomic E-state index is 0.0692. The lowest BCUT2D eigenvalue weighted by atomic mass is 9.98. The van der Waals surface area contributed by atoms with Gasteiger partial charge in [0.1, 0.15) is 11.0 Å². The average Bonchev–Trinajstić information content (AvgIpc) is 2.54. The number of hydrogen-bond donors (Lipinski definition) is 1. The fraction of sp³-hybridized carbons (Fsp3) is 0.533. The maximum Gasteiger partial charge on any atom is 0.244 e. The van der Waals surface area contributed by atoms with E-state index in [0.29, 0.717) is 19.4 Å². The zero-order chi connectivity index (χ0) is 16.3. The zero-order valence-electron chi connectivity index (χ0n) is 12.4. The Labute approximate surface area is 136 Å². The van der Waals surface area contributed by atoms with Crippen LogP contribution in [-0.2, 0) is 10.0 Å². The molecule has 1 aliphatic heterocycles. The lowest BCUT2D eigenvalue weighted by Gasteiger charge is -2.37. The van der Waals surface area contributed by atoms with Crippen LogP contribution in [-0.4, -0.2) is 36.5 Å². The van der Waals surface area contributed by atoms with E-state index < -0.39 is 22.2 Å². The summed E-state index contributed by atoms with van der Waals surface area (Å²) in [6, 6.07) is 5.66. The Morgan fingerprint density at radius 3 is 2.86 bits per heavy atom. The molecular weight excluding hydrogens is 324 g/mol. The van der Waals surface area contributed by atoms with E-state index in [-0.39, 0.29) is 15.5 Å². The first-order chi connectivity index (χ1) is 10.4. The summed E-state index contributed by atoms with van der Waals surface area (Å²) in [6.07, 6.45) is 2.02. The van der Waals surface area contributed by atoms with E-state index in [4.69, 9.17) is 16.9 Å². The van der Waals surface area contributed by atoms with Crippen molar-refractivity contribution >= 4 is 21.6 Å². The van der Waals surface area contributed by atoms with Gasteiger partial charge >= 0.3 is 0 Å². The molecule has 1 N–H and O–H groups in total. The number of hydrogen-bond acceptors (Lipinski definition) is 4. The van der Waals surface area contributed by atoms with Gasteiger partial charge in [-0.15, -0.1) is 0 Å². The second-order valence-corrected chi connectivity index (χ2v) is 7.70. The van der Waals surface area contributed by atoms with Crippen molar-refractivity contribution in [2.24, 2.45) is 0 Å². The Morgan fingerprint density at radius 1 is 1.50 bits per heavy atom. The summed E-state index contributed by atoms with van der Waals surface area (Å²) in [7, 11) is -3.87. The number of nitrogens with zero attached hydrogens (tertiary/aromatic N) is 2. The topological polar surface area (TPSA) is 81.4 Å². The standard InChI is InChI=1S/C15H19ClN2O3S/c1-2-14(19)13-5-3-4-8-18(13)22(20,21)15-9-12(16)7-6-11(15)10-17/h6-7,9,13-14,19H,2-5,8H2,1H3/t13-,14+/m1/s1. The molecule has 0 spiro atoms. The maximum absolute atomic E-state index is 13.0. The van der Waals surface area contributed by atoms with Gasteiger partial charge in [0.15, 0.2) is 0 Å². The number of piperidine rings is 1. The van der Waals surface area contributed by atoms with Crippen LogP contribution in [0.5, 0.6) is 0 Å². The van der Waals surface area contributed by atoms with Crippen molar-refractivity contribution in [2.75, 3.05) is 6.54 Å². The van der Waals surface area contributed by atoms with Gasteiger partial charge in [-0.25, -0.2) is 8.42 Å². The van der Waals surface area contributed by atoms with Crippen LogP contribution in [0.1, 0.15) is 38.2 Å². The van der Waals surface area contributed by atoms with Crippen LogP contribution < -0.4 is 0 Å². The van der Waals surface area contributed by atoms with Crippen LogP contribution in [0.3, 0.4) is 0 Å². The van der Waals surface area contributed by atoms with E-state index in [9.17, 15) is 13.5 Å².